The summed E-state index contributed by atoms with van der Waals surface area (Å²) in [6.45, 7) is 0.486. The first-order chi connectivity index (χ1) is 9.42. The van der Waals surface area contributed by atoms with Crippen LogP contribution in [0.2, 0.25) is 0 Å². The number of nitrogens with two attached hydrogens (primary N) is 2. The third-order valence-corrected chi connectivity index (χ3v) is 3.57. The lowest BCUT2D eigenvalue weighted by atomic mass is 9.90. The minimum absolute atomic E-state index is 0.00214. The smallest absolute Gasteiger partial charge is 0.325 e. The predicted octanol–water partition coefficient (Wildman–Crippen LogP) is -1.32. The number of H-pyrrole nitrogens is 1. The van der Waals surface area contributed by atoms with E-state index in [0.29, 0.717) is 25.8 Å². The molecule has 1 aromatic heterocycles. The monoisotopic (exact) mass is 281 g/mol. The van der Waals surface area contributed by atoms with E-state index >= 15 is 0 Å². The van der Waals surface area contributed by atoms with Crippen LogP contribution in [0.25, 0.3) is 0 Å². The molecule has 2 rings (SSSR count). The number of aromatic nitrogens is 2. The number of rotatable bonds is 4. The number of imidazole rings is 1. The van der Waals surface area contributed by atoms with Crippen molar-refractivity contribution in [3.8, 4) is 0 Å². The zero-order valence-corrected chi connectivity index (χ0v) is 11.1. The summed E-state index contributed by atoms with van der Waals surface area (Å²) < 4.78 is 0. The molecule has 2 atom stereocenters. The van der Waals surface area contributed by atoms with Gasteiger partial charge in [0.2, 0.25) is 5.91 Å². The highest BCUT2D eigenvalue weighted by Gasteiger charge is 2.40. The van der Waals surface area contributed by atoms with Crippen LogP contribution in [0.1, 0.15) is 18.5 Å². The van der Waals surface area contributed by atoms with E-state index in [0.717, 1.165) is 5.69 Å². The molecule has 2 heterocycles. The van der Waals surface area contributed by atoms with Crippen LogP contribution in [0.15, 0.2) is 12.5 Å². The molecule has 0 aromatic carbocycles. The van der Waals surface area contributed by atoms with Crippen molar-refractivity contribution in [2.75, 3.05) is 13.1 Å². The van der Waals surface area contributed by atoms with Crippen molar-refractivity contribution >= 4 is 11.9 Å². The number of carbonyl (C=O) groups excluding carboxylic acids is 1. The average Bonchev–Trinajstić information content (AvgIpc) is 2.90. The summed E-state index contributed by atoms with van der Waals surface area (Å²) in [4.78, 5) is 31.6. The van der Waals surface area contributed by atoms with Crippen LogP contribution in [0.3, 0.4) is 0 Å². The van der Waals surface area contributed by atoms with E-state index in [4.69, 9.17) is 16.6 Å². The molecule has 1 saturated heterocycles. The largest absolute Gasteiger partial charge is 0.480 e. The molecule has 0 aliphatic carbocycles. The number of piperidine rings is 1. The van der Waals surface area contributed by atoms with Crippen molar-refractivity contribution in [3.05, 3.63) is 18.2 Å². The summed E-state index contributed by atoms with van der Waals surface area (Å²) in [6, 6.07) is -0.730. The maximum atomic E-state index is 12.3. The van der Waals surface area contributed by atoms with Gasteiger partial charge in [0.05, 0.1) is 12.4 Å². The molecule has 1 aromatic rings. The Labute approximate surface area is 116 Å². The summed E-state index contributed by atoms with van der Waals surface area (Å²) in [6.07, 6.45) is 4.38. The van der Waals surface area contributed by atoms with E-state index in [9.17, 15) is 9.59 Å². The van der Waals surface area contributed by atoms with Crippen molar-refractivity contribution < 1.29 is 14.7 Å². The fourth-order valence-electron chi connectivity index (χ4n) is 2.40. The van der Waals surface area contributed by atoms with Crippen LogP contribution in [0.5, 0.6) is 0 Å². The van der Waals surface area contributed by atoms with Crippen molar-refractivity contribution in [1.82, 2.24) is 14.9 Å². The fraction of sp³-hybridized carbons (Fsp3) is 0.583. The summed E-state index contributed by atoms with van der Waals surface area (Å²) in [7, 11) is 0. The topological polar surface area (TPSA) is 138 Å². The number of carbonyl (C=O) groups is 2. The van der Waals surface area contributed by atoms with E-state index in [1.54, 1.807) is 6.20 Å². The predicted molar refractivity (Wildman–Crippen MR) is 70.6 cm³/mol. The first kappa shape index (κ1) is 14.5. The van der Waals surface area contributed by atoms with Gasteiger partial charge < -0.3 is 26.5 Å². The van der Waals surface area contributed by atoms with Gasteiger partial charge in [0.1, 0.15) is 5.54 Å². The van der Waals surface area contributed by atoms with Crippen molar-refractivity contribution in [2.45, 2.75) is 30.8 Å². The standard InChI is InChI=1S/C12H19N5O3/c13-9(4-8-5-15-7-16-8)10(18)17-3-1-2-12(14,6-17)11(19)20/h5,7,9H,1-4,6,13-14H2,(H,15,16)(H,19,20)/t9-,12+/m0/s1. The summed E-state index contributed by atoms with van der Waals surface area (Å²) in [5.41, 5.74) is 11.1. The molecule has 110 valence electrons. The number of aliphatic carboxylic acids is 1. The molecule has 1 aliphatic heterocycles. The van der Waals surface area contributed by atoms with E-state index < -0.39 is 17.6 Å². The van der Waals surface area contributed by atoms with Crippen molar-refractivity contribution in [3.63, 3.8) is 0 Å². The summed E-state index contributed by atoms with van der Waals surface area (Å²) in [5.74, 6) is -1.37. The Morgan fingerprint density at radius 3 is 2.95 bits per heavy atom. The number of hydrogen-bond donors (Lipinski definition) is 4. The lowest BCUT2D eigenvalue weighted by Gasteiger charge is -2.38. The molecule has 20 heavy (non-hydrogen) atoms. The van der Waals surface area contributed by atoms with Crippen LogP contribution in [0, 0.1) is 0 Å². The van der Waals surface area contributed by atoms with E-state index in [2.05, 4.69) is 9.97 Å². The van der Waals surface area contributed by atoms with Crippen LogP contribution in [0.4, 0.5) is 0 Å². The molecule has 0 spiro atoms. The molecule has 0 saturated carbocycles. The number of aromatic amines is 1. The van der Waals surface area contributed by atoms with Crippen LogP contribution in [-0.4, -0.2) is 56.5 Å². The fourth-order valence-corrected chi connectivity index (χ4v) is 2.40. The van der Waals surface area contributed by atoms with Gasteiger partial charge >= 0.3 is 5.97 Å². The minimum Gasteiger partial charge on any atom is -0.480 e. The Morgan fingerprint density at radius 1 is 1.60 bits per heavy atom. The first-order valence-electron chi connectivity index (χ1n) is 6.46. The maximum Gasteiger partial charge on any atom is 0.325 e. The second-order valence-corrected chi connectivity index (χ2v) is 5.21. The molecule has 1 aliphatic rings. The van der Waals surface area contributed by atoms with Gasteiger partial charge in [-0.05, 0) is 12.8 Å². The normalized spacial score (nSPS) is 24.4. The molecule has 0 bridgehead atoms. The zero-order chi connectivity index (χ0) is 14.8. The lowest BCUT2D eigenvalue weighted by Crippen LogP contribution is -2.62. The van der Waals surface area contributed by atoms with E-state index in [1.165, 1.54) is 11.2 Å². The Balaban J connectivity index is 1.99. The van der Waals surface area contributed by atoms with Crippen LogP contribution >= 0.6 is 0 Å². The van der Waals surface area contributed by atoms with Gasteiger partial charge in [0.25, 0.3) is 0 Å². The Bertz CT molecular complexity index is 489. The van der Waals surface area contributed by atoms with Crippen molar-refractivity contribution in [2.24, 2.45) is 11.5 Å². The molecule has 1 fully saturated rings. The molecule has 1 amide bonds. The molecule has 0 unspecified atom stereocenters. The van der Waals surface area contributed by atoms with Gasteiger partial charge in [0, 0.05) is 31.4 Å². The minimum atomic E-state index is -1.37. The number of likely N-dealkylation sites (tertiary alicyclic amines) is 1. The van der Waals surface area contributed by atoms with Gasteiger partial charge in [-0.15, -0.1) is 0 Å². The van der Waals surface area contributed by atoms with E-state index in [-0.39, 0.29) is 12.5 Å². The third kappa shape index (κ3) is 2.97. The second-order valence-electron chi connectivity index (χ2n) is 5.21. The maximum absolute atomic E-state index is 12.3. The SMILES string of the molecule is N[C@@H](Cc1cnc[nH]1)C(=O)N1CCC[C@](N)(C(=O)O)C1. The number of nitrogens with zero attached hydrogens (tertiary/aromatic N) is 2. The number of nitrogens with one attached hydrogen (secondary N) is 1. The second kappa shape index (κ2) is 5.59. The Hall–Kier alpha value is -1.93. The lowest BCUT2D eigenvalue weighted by molar-refractivity contribution is -0.148. The number of amides is 1. The highest BCUT2D eigenvalue weighted by molar-refractivity contribution is 5.84. The number of carboxylic acids is 1. The molecule has 8 heteroatoms. The molecular formula is C12H19N5O3. The van der Waals surface area contributed by atoms with Gasteiger partial charge in [-0.1, -0.05) is 0 Å². The van der Waals surface area contributed by atoms with Gasteiger partial charge in [0.15, 0.2) is 0 Å². The van der Waals surface area contributed by atoms with Gasteiger partial charge in [-0.3, -0.25) is 9.59 Å². The number of hydrogen-bond acceptors (Lipinski definition) is 5. The molecule has 6 N–H and O–H groups in total. The quantitative estimate of drug-likeness (QED) is 0.540. The van der Waals surface area contributed by atoms with Crippen LogP contribution in [-0.2, 0) is 16.0 Å². The van der Waals surface area contributed by atoms with Crippen molar-refractivity contribution in [1.29, 1.82) is 0 Å². The molecule has 8 nitrogen and oxygen atoms in total. The summed E-state index contributed by atoms with van der Waals surface area (Å²) in [5, 5.41) is 9.14. The summed E-state index contributed by atoms with van der Waals surface area (Å²) >= 11 is 0. The third-order valence-electron chi connectivity index (χ3n) is 3.57. The Kier molecular flexibility index (Phi) is 4.05. The van der Waals surface area contributed by atoms with E-state index in [1.807, 2.05) is 0 Å². The molecule has 0 radical (unpaired) electrons. The molecular weight excluding hydrogens is 262 g/mol. The van der Waals surface area contributed by atoms with Gasteiger partial charge in [-0.2, -0.15) is 0 Å². The Morgan fingerprint density at radius 2 is 2.35 bits per heavy atom. The first-order valence-corrected chi connectivity index (χ1v) is 6.46. The number of carboxylic acid groups (broad SMARTS) is 1. The highest BCUT2D eigenvalue weighted by atomic mass is 16.4. The van der Waals surface area contributed by atoms with Gasteiger partial charge in [-0.25, -0.2) is 4.98 Å². The zero-order valence-electron chi connectivity index (χ0n) is 11.1. The van der Waals surface area contributed by atoms with Crippen LogP contribution < -0.4 is 11.5 Å². The average molecular weight is 281 g/mol. The highest BCUT2D eigenvalue weighted by Crippen LogP contribution is 2.20.